The Bertz CT molecular complexity index is 966. The van der Waals surface area contributed by atoms with E-state index in [1.165, 1.54) is 15.9 Å². The van der Waals surface area contributed by atoms with Gasteiger partial charge in [0.15, 0.2) is 0 Å². The van der Waals surface area contributed by atoms with Crippen molar-refractivity contribution in [1.82, 2.24) is 4.31 Å². The Hall–Kier alpha value is -1.48. The van der Waals surface area contributed by atoms with Crippen molar-refractivity contribution in [3.05, 3.63) is 59.7 Å². The van der Waals surface area contributed by atoms with Gasteiger partial charge in [-0.1, -0.05) is 18.2 Å². The fourth-order valence-corrected chi connectivity index (χ4v) is 7.79. The molecule has 8 heteroatoms. The van der Waals surface area contributed by atoms with E-state index in [2.05, 4.69) is 11.4 Å². The molecule has 2 fully saturated rings. The van der Waals surface area contributed by atoms with Crippen molar-refractivity contribution < 1.29 is 13.2 Å². The van der Waals surface area contributed by atoms with Gasteiger partial charge >= 0.3 is 0 Å². The van der Waals surface area contributed by atoms with E-state index in [1.807, 2.05) is 41.7 Å². The van der Waals surface area contributed by atoms with Crippen LogP contribution < -0.4 is 5.32 Å². The van der Waals surface area contributed by atoms with Gasteiger partial charge in [0.25, 0.3) is 5.91 Å². The Morgan fingerprint density at radius 1 is 1.00 bits per heavy atom. The summed E-state index contributed by atoms with van der Waals surface area (Å²) in [5, 5.41) is 2.90. The maximum atomic E-state index is 12.7. The summed E-state index contributed by atoms with van der Waals surface area (Å²) in [6.45, 7) is 1.09. The van der Waals surface area contributed by atoms with Crippen molar-refractivity contribution in [2.75, 3.05) is 29.9 Å². The van der Waals surface area contributed by atoms with Crippen molar-refractivity contribution in [2.24, 2.45) is 0 Å². The molecule has 0 radical (unpaired) electrons. The van der Waals surface area contributed by atoms with E-state index in [1.54, 1.807) is 18.2 Å². The summed E-state index contributed by atoms with van der Waals surface area (Å²) in [4.78, 5) is 12.9. The molecule has 0 aliphatic carbocycles. The highest BCUT2D eigenvalue weighted by Gasteiger charge is 2.27. The van der Waals surface area contributed by atoms with Crippen LogP contribution >= 0.6 is 23.5 Å². The van der Waals surface area contributed by atoms with Crippen molar-refractivity contribution in [3.63, 3.8) is 0 Å². The van der Waals surface area contributed by atoms with Gasteiger partial charge in [-0.05, 0) is 48.7 Å². The predicted molar refractivity (Wildman–Crippen MR) is 116 cm³/mol. The standard InChI is InChI=1S/C20H22N2O3S3/c23-19(21-17-7-3-6-16(13-17)20-26-11-12-27-20)15-5-4-8-18(14-15)28(24,25)22-9-1-2-10-22/h3-8,13-14,20H,1-2,9-12H2,(H,21,23). The number of amides is 1. The summed E-state index contributed by atoms with van der Waals surface area (Å²) < 4.78 is 27.4. The van der Waals surface area contributed by atoms with E-state index in [0.717, 1.165) is 30.0 Å². The lowest BCUT2D eigenvalue weighted by Gasteiger charge is -2.16. The topological polar surface area (TPSA) is 66.5 Å². The maximum absolute atomic E-state index is 12.7. The Balaban J connectivity index is 1.52. The lowest BCUT2D eigenvalue weighted by Crippen LogP contribution is -2.28. The van der Waals surface area contributed by atoms with Gasteiger partial charge in [0, 0.05) is 35.8 Å². The van der Waals surface area contributed by atoms with E-state index < -0.39 is 10.0 Å². The van der Waals surface area contributed by atoms with Gasteiger partial charge in [0.1, 0.15) is 0 Å². The normalized spacial score (nSPS) is 18.4. The first-order chi connectivity index (χ1) is 13.5. The van der Waals surface area contributed by atoms with Crippen LogP contribution in [0.25, 0.3) is 0 Å². The Labute approximate surface area is 174 Å². The summed E-state index contributed by atoms with van der Waals surface area (Å²) >= 11 is 3.83. The number of rotatable bonds is 5. The third kappa shape index (κ3) is 4.25. The number of nitrogens with zero attached hydrogens (tertiary/aromatic N) is 1. The molecule has 2 saturated heterocycles. The molecule has 0 spiro atoms. The van der Waals surface area contributed by atoms with E-state index >= 15 is 0 Å². The molecule has 4 rings (SSSR count). The fourth-order valence-electron chi connectivity index (χ4n) is 3.39. The number of nitrogens with one attached hydrogen (secondary N) is 1. The van der Waals surface area contributed by atoms with Crippen LogP contribution in [0.2, 0.25) is 0 Å². The Morgan fingerprint density at radius 2 is 1.71 bits per heavy atom. The minimum atomic E-state index is -3.54. The van der Waals surface area contributed by atoms with E-state index in [-0.39, 0.29) is 10.8 Å². The minimum Gasteiger partial charge on any atom is -0.322 e. The number of thioether (sulfide) groups is 2. The molecular weight excluding hydrogens is 412 g/mol. The lowest BCUT2D eigenvalue weighted by molar-refractivity contribution is 0.102. The van der Waals surface area contributed by atoms with Gasteiger partial charge in [-0.25, -0.2) is 8.42 Å². The lowest BCUT2D eigenvalue weighted by atomic mass is 10.2. The first-order valence-electron chi connectivity index (χ1n) is 9.29. The number of benzene rings is 2. The van der Waals surface area contributed by atoms with Gasteiger partial charge in [-0.2, -0.15) is 4.31 Å². The molecule has 148 valence electrons. The van der Waals surface area contributed by atoms with E-state index in [9.17, 15) is 13.2 Å². The first-order valence-corrected chi connectivity index (χ1v) is 12.8. The molecule has 0 unspecified atom stereocenters. The summed E-state index contributed by atoms with van der Waals surface area (Å²) in [5.41, 5.74) is 2.26. The molecular formula is C20H22N2O3S3. The zero-order valence-electron chi connectivity index (χ0n) is 15.3. The molecule has 2 aliphatic rings. The number of anilines is 1. The zero-order chi connectivity index (χ0) is 19.6. The molecule has 1 N–H and O–H groups in total. The van der Waals surface area contributed by atoms with E-state index in [0.29, 0.717) is 23.2 Å². The van der Waals surface area contributed by atoms with Gasteiger partial charge in [-0.3, -0.25) is 4.79 Å². The molecule has 0 atom stereocenters. The van der Waals surface area contributed by atoms with Gasteiger partial charge < -0.3 is 5.32 Å². The predicted octanol–water partition coefficient (Wildman–Crippen LogP) is 4.20. The average molecular weight is 435 g/mol. The fraction of sp³-hybridized carbons (Fsp3) is 0.350. The van der Waals surface area contributed by atoms with Crippen molar-refractivity contribution >= 4 is 45.1 Å². The Kier molecular flexibility index (Phi) is 6.01. The van der Waals surface area contributed by atoms with Crippen LogP contribution in [0.15, 0.2) is 53.4 Å². The number of carbonyl (C=O) groups is 1. The number of hydrogen-bond acceptors (Lipinski definition) is 5. The first kappa shape index (κ1) is 19.8. The molecule has 0 saturated carbocycles. The number of carbonyl (C=O) groups excluding carboxylic acids is 1. The van der Waals surface area contributed by atoms with Crippen LogP contribution in [-0.2, 0) is 10.0 Å². The highest BCUT2D eigenvalue weighted by atomic mass is 32.2. The molecule has 0 aromatic heterocycles. The number of sulfonamides is 1. The minimum absolute atomic E-state index is 0.176. The molecule has 2 aromatic rings. The van der Waals surface area contributed by atoms with Crippen molar-refractivity contribution in [3.8, 4) is 0 Å². The van der Waals surface area contributed by atoms with Crippen molar-refractivity contribution in [2.45, 2.75) is 22.3 Å². The quantitative estimate of drug-likeness (QED) is 0.764. The summed E-state index contributed by atoms with van der Waals surface area (Å²) in [7, 11) is -3.54. The highest BCUT2D eigenvalue weighted by molar-refractivity contribution is 8.19. The molecule has 2 heterocycles. The SMILES string of the molecule is O=C(Nc1cccc(C2SCCS2)c1)c1cccc(S(=O)(=O)N2CCCC2)c1. The van der Waals surface area contributed by atoms with Crippen LogP contribution in [-0.4, -0.2) is 43.2 Å². The third-order valence-electron chi connectivity index (χ3n) is 4.84. The maximum Gasteiger partial charge on any atom is 0.255 e. The molecule has 5 nitrogen and oxygen atoms in total. The number of hydrogen-bond donors (Lipinski definition) is 1. The van der Waals surface area contributed by atoms with Gasteiger partial charge in [0.05, 0.1) is 9.48 Å². The molecule has 0 bridgehead atoms. The monoisotopic (exact) mass is 434 g/mol. The molecule has 1 amide bonds. The zero-order valence-corrected chi connectivity index (χ0v) is 17.8. The summed E-state index contributed by atoms with van der Waals surface area (Å²) in [6.07, 6.45) is 1.76. The second kappa shape index (κ2) is 8.49. The molecule has 28 heavy (non-hydrogen) atoms. The highest BCUT2D eigenvalue weighted by Crippen LogP contribution is 2.45. The Morgan fingerprint density at radius 3 is 2.46 bits per heavy atom. The summed E-state index contributed by atoms with van der Waals surface area (Å²) in [6, 6.07) is 14.2. The van der Waals surface area contributed by atoms with E-state index in [4.69, 9.17) is 0 Å². The van der Waals surface area contributed by atoms with Crippen LogP contribution in [0.1, 0.15) is 33.3 Å². The molecule has 2 aliphatic heterocycles. The van der Waals surface area contributed by atoms with Gasteiger partial charge in [0.2, 0.25) is 10.0 Å². The van der Waals surface area contributed by atoms with Crippen molar-refractivity contribution in [1.29, 1.82) is 0 Å². The van der Waals surface area contributed by atoms with Crippen LogP contribution in [0.4, 0.5) is 5.69 Å². The van der Waals surface area contributed by atoms with Gasteiger partial charge in [-0.15, -0.1) is 23.5 Å². The van der Waals surface area contributed by atoms with Crippen LogP contribution in [0, 0.1) is 0 Å². The smallest absolute Gasteiger partial charge is 0.255 e. The molecule has 2 aromatic carbocycles. The second-order valence-corrected chi connectivity index (χ2v) is 11.5. The second-order valence-electron chi connectivity index (χ2n) is 6.79. The third-order valence-corrected chi connectivity index (χ3v) is 9.84. The van der Waals surface area contributed by atoms with Crippen LogP contribution in [0.3, 0.4) is 0 Å². The summed E-state index contributed by atoms with van der Waals surface area (Å²) in [5.74, 6) is 1.98. The van der Waals surface area contributed by atoms with Crippen LogP contribution in [0.5, 0.6) is 0 Å². The largest absolute Gasteiger partial charge is 0.322 e. The average Bonchev–Trinajstić information content (AvgIpc) is 3.42.